The van der Waals surface area contributed by atoms with E-state index in [0.29, 0.717) is 31.3 Å². The smallest absolute Gasteiger partial charge is 0.220 e. The number of amides is 1. The Kier molecular flexibility index (Phi) is 6.56. The molecule has 4 N–H and O–H groups in total. The van der Waals surface area contributed by atoms with Crippen molar-refractivity contribution in [1.29, 1.82) is 0 Å². The summed E-state index contributed by atoms with van der Waals surface area (Å²) in [5.41, 5.74) is 7.64. The van der Waals surface area contributed by atoms with Gasteiger partial charge in [0.15, 0.2) is 0 Å². The molecule has 0 aliphatic heterocycles. The molecule has 0 bridgehead atoms. The summed E-state index contributed by atoms with van der Waals surface area (Å²) in [4.78, 5) is 11.8. The van der Waals surface area contributed by atoms with E-state index < -0.39 is 0 Å². The van der Waals surface area contributed by atoms with E-state index in [4.69, 9.17) is 5.73 Å². The number of hydrogen-bond donors (Lipinski definition) is 3. The van der Waals surface area contributed by atoms with Crippen LogP contribution in [0.25, 0.3) is 0 Å². The SMILES string of the molecule is Cc1[nH]ncc1CNC(=O)CCC(CCN)C(C)C. The van der Waals surface area contributed by atoms with Crippen molar-refractivity contribution in [2.24, 2.45) is 17.6 Å². The minimum atomic E-state index is 0.100. The van der Waals surface area contributed by atoms with Crippen molar-refractivity contribution >= 4 is 5.91 Å². The third kappa shape index (κ3) is 5.42. The van der Waals surface area contributed by atoms with E-state index in [1.165, 1.54) is 0 Å². The van der Waals surface area contributed by atoms with Gasteiger partial charge in [-0.15, -0.1) is 0 Å². The lowest BCUT2D eigenvalue weighted by molar-refractivity contribution is -0.121. The molecule has 1 aromatic heterocycles. The molecule has 1 heterocycles. The van der Waals surface area contributed by atoms with Crippen LogP contribution in [0.4, 0.5) is 0 Å². The molecule has 1 unspecified atom stereocenters. The molecule has 5 heteroatoms. The van der Waals surface area contributed by atoms with Crippen LogP contribution in [-0.2, 0) is 11.3 Å². The zero-order valence-electron chi connectivity index (χ0n) is 12.2. The Morgan fingerprint density at radius 3 is 2.74 bits per heavy atom. The second kappa shape index (κ2) is 7.94. The first-order chi connectivity index (χ1) is 9.04. The maximum atomic E-state index is 11.8. The Bertz CT molecular complexity index is 387. The highest BCUT2D eigenvalue weighted by Crippen LogP contribution is 2.20. The minimum absolute atomic E-state index is 0.100. The number of aryl methyl sites for hydroxylation is 1. The molecule has 0 saturated carbocycles. The fourth-order valence-electron chi connectivity index (χ4n) is 2.18. The lowest BCUT2D eigenvalue weighted by Crippen LogP contribution is -2.24. The van der Waals surface area contributed by atoms with Gasteiger partial charge in [0.2, 0.25) is 5.91 Å². The Morgan fingerprint density at radius 1 is 1.47 bits per heavy atom. The predicted octanol–water partition coefficient (Wildman–Crippen LogP) is 1.74. The number of nitrogens with one attached hydrogen (secondary N) is 2. The third-order valence-electron chi connectivity index (χ3n) is 3.63. The summed E-state index contributed by atoms with van der Waals surface area (Å²) in [7, 11) is 0. The van der Waals surface area contributed by atoms with Crippen molar-refractivity contribution in [2.75, 3.05) is 6.54 Å². The van der Waals surface area contributed by atoms with Gasteiger partial charge >= 0.3 is 0 Å². The highest BCUT2D eigenvalue weighted by atomic mass is 16.1. The number of H-pyrrole nitrogens is 1. The number of nitrogens with two attached hydrogens (primary N) is 1. The van der Waals surface area contributed by atoms with Gasteiger partial charge in [-0.25, -0.2) is 0 Å². The van der Waals surface area contributed by atoms with Gasteiger partial charge in [0.05, 0.1) is 6.20 Å². The Labute approximate surface area is 115 Å². The molecule has 0 saturated heterocycles. The van der Waals surface area contributed by atoms with Gasteiger partial charge in [-0.05, 0) is 38.1 Å². The summed E-state index contributed by atoms with van der Waals surface area (Å²) >= 11 is 0. The standard InChI is InChI=1S/C14H26N4O/c1-10(2)12(6-7-15)4-5-14(19)16-8-13-9-17-18-11(13)3/h9-10,12H,4-8,15H2,1-3H3,(H,16,19)(H,17,18). The van der Waals surface area contributed by atoms with Crippen LogP contribution >= 0.6 is 0 Å². The van der Waals surface area contributed by atoms with Crippen molar-refractivity contribution in [3.63, 3.8) is 0 Å². The number of rotatable bonds is 8. The number of nitrogens with zero attached hydrogens (tertiary/aromatic N) is 1. The average molecular weight is 266 g/mol. The summed E-state index contributed by atoms with van der Waals surface area (Å²) in [6, 6.07) is 0. The van der Waals surface area contributed by atoms with Crippen LogP contribution < -0.4 is 11.1 Å². The molecule has 1 amide bonds. The summed E-state index contributed by atoms with van der Waals surface area (Å²) in [5.74, 6) is 1.21. The normalized spacial score (nSPS) is 12.7. The largest absolute Gasteiger partial charge is 0.352 e. The van der Waals surface area contributed by atoms with Crippen LogP contribution in [0.3, 0.4) is 0 Å². The summed E-state index contributed by atoms with van der Waals surface area (Å²) in [6.07, 6.45) is 4.22. The molecular formula is C14H26N4O. The lowest BCUT2D eigenvalue weighted by Gasteiger charge is -2.19. The third-order valence-corrected chi connectivity index (χ3v) is 3.63. The van der Waals surface area contributed by atoms with Crippen molar-refractivity contribution in [2.45, 2.75) is 46.6 Å². The van der Waals surface area contributed by atoms with Gasteiger partial charge in [0.25, 0.3) is 0 Å². The van der Waals surface area contributed by atoms with Crippen LogP contribution in [0.5, 0.6) is 0 Å². The Balaban J connectivity index is 2.29. The van der Waals surface area contributed by atoms with Gasteiger partial charge in [-0.2, -0.15) is 5.10 Å². The zero-order valence-corrected chi connectivity index (χ0v) is 12.2. The second-order valence-electron chi connectivity index (χ2n) is 5.42. The van der Waals surface area contributed by atoms with Crippen molar-refractivity contribution < 1.29 is 4.79 Å². The summed E-state index contributed by atoms with van der Waals surface area (Å²) in [5, 5.41) is 9.72. The number of hydrogen-bond acceptors (Lipinski definition) is 3. The second-order valence-corrected chi connectivity index (χ2v) is 5.42. The molecule has 5 nitrogen and oxygen atoms in total. The first-order valence-corrected chi connectivity index (χ1v) is 7.00. The zero-order chi connectivity index (χ0) is 14.3. The van der Waals surface area contributed by atoms with Gasteiger partial charge in [0.1, 0.15) is 0 Å². The van der Waals surface area contributed by atoms with E-state index >= 15 is 0 Å². The van der Waals surface area contributed by atoms with Crippen LogP contribution in [-0.4, -0.2) is 22.6 Å². The lowest BCUT2D eigenvalue weighted by atomic mass is 9.88. The quantitative estimate of drug-likeness (QED) is 0.670. The highest BCUT2D eigenvalue weighted by molar-refractivity contribution is 5.75. The maximum absolute atomic E-state index is 11.8. The summed E-state index contributed by atoms with van der Waals surface area (Å²) < 4.78 is 0. The van der Waals surface area contributed by atoms with Gasteiger partial charge in [-0.1, -0.05) is 13.8 Å². The maximum Gasteiger partial charge on any atom is 0.220 e. The van der Waals surface area contributed by atoms with Crippen LogP contribution in [0, 0.1) is 18.8 Å². The van der Waals surface area contributed by atoms with E-state index in [1.807, 2.05) is 6.92 Å². The molecule has 1 atom stereocenters. The number of aromatic nitrogens is 2. The average Bonchev–Trinajstić information content (AvgIpc) is 2.77. The van der Waals surface area contributed by atoms with Crippen LogP contribution in [0.2, 0.25) is 0 Å². The monoisotopic (exact) mass is 266 g/mol. The Morgan fingerprint density at radius 2 is 2.21 bits per heavy atom. The molecule has 0 spiro atoms. The molecule has 108 valence electrons. The molecule has 0 fully saturated rings. The van der Waals surface area contributed by atoms with E-state index in [1.54, 1.807) is 6.20 Å². The molecule has 0 aromatic carbocycles. The van der Waals surface area contributed by atoms with Gasteiger partial charge in [0, 0.05) is 24.2 Å². The number of carbonyl (C=O) groups is 1. The molecule has 0 radical (unpaired) electrons. The van der Waals surface area contributed by atoms with Gasteiger partial charge < -0.3 is 11.1 Å². The van der Waals surface area contributed by atoms with Crippen LogP contribution in [0.1, 0.15) is 44.4 Å². The molecule has 0 aliphatic carbocycles. The topological polar surface area (TPSA) is 83.8 Å². The fourth-order valence-corrected chi connectivity index (χ4v) is 2.18. The molecule has 1 rings (SSSR count). The highest BCUT2D eigenvalue weighted by Gasteiger charge is 2.14. The van der Waals surface area contributed by atoms with Crippen molar-refractivity contribution in [3.8, 4) is 0 Å². The predicted molar refractivity (Wildman–Crippen MR) is 76.4 cm³/mol. The van der Waals surface area contributed by atoms with Crippen molar-refractivity contribution in [1.82, 2.24) is 15.5 Å². The molecular weight excluding hydrogens is 240 g/mol. The van der Waals surface area contributed by atoms with Crippen molar-refractivity contribution in [3.05, 3.63) is 17.5 Å². The van der Waals surface area contributed by atoms with E-state index in [2.05, 4.69) is 29.4 Å². The minimum Gasteiger partial charge on any atom is -0.352 e. The molecule has 19 heavy (non-hydrogen) atoms. The van der Waals surface area contributed by atoms with E-state index in [9.17, 15) is 4.79 Å². The van der Waals surface area contributed by atoms with E-state index in [-0.39, 0.29) is 5.91 Å². The fraction of sp³-hybridized carbons (Fsp3) is 0.714. The number of aromatic amines is 1. The molecule has 0 aliphatic rings. The van der Waals surface area contributed by atoms with E-state index in [0.717, 1.165) is 24.1 Å². The number of carbonyl (C=O) groups excluding carboxylic acids is 1. The first kappa shape index (κ1) is 15.7. The molecule has 1 aromatic rings. The van der Waals surface area contributed by atoms with Crippen LogP contribution in [0.15, 0.2) is 6.20 Å². The summed E-state index contributed by atoms with van der Waals surface area (Å²) in [6.45, 7) is 7.56. The Hall–Kier alpha value is -1.36. The van der Waals surface area contributed by atoms with Gasteiger partial charge in [-0.3, -0.25) is 9.89 Å². The first-order valence-electron chi connectivity index (χ1n) is 7.00.